The van der Waals surface area contributed by atoms with E-state index in [9.17, 15) is 4.79 Å². The van der Waals surface area contributed by atoms with Crippen molar-refractivity contribution in [1.29, 1.82) is 0 Å². The van der Waals surface area contributed by atoms with E-state index in [-0.39, 0.29) is 0 Å². The highest BCUT2D eigenvalue weighted by atomic mass is 16.4. The molecule has 0 aliphatic carbocycles. The number of carboxylic acids is 1. The number of aromatic carboxylic acids is 1. The summed E-state index contributed by atoms with van der Waals surface area (Å²) in [4.78, 5) is 20.5. The molecule has 2 aromatic rings. The average molecular weight is 394 g/mol. The maximum absolute atomic E-state index is 11.2. The zero-order valence-corrected chi connectivity index (χ0v) is 17.0. The van der Waals surface area contributed by atoms with Crippen LogP contribution in [0.1, 0.15) is 40.7 Å². The third-order valence-electron chi connectivity index (χ3n) is 6.52. The second kappa shape index (κ2) is 9.51. The van der Waals surface area contributed by atoms with Crippen LogP contribution in [0, 0.1) is 5.92 Å². The van der Waals surface area contributed by atoms with Crippen molar-refractivity contribution >= 4 is 5.97 Å². The number of carbonyl (C=O) groups is 1. The van der Waals surface area contributed by atoms with Crippen molar-refractivity contribution in [2.24, 2.45) is 5.92 Å². The number of benzene rings is 1. The molecule has 3 heterocycles. The molecule has 4 rings (SSSR count). The van der Waals surface area contributed by atoms with E-state index in [0.29, 0.717) is 17.5 Å². The van der Waals surface area contributed by atoms with Crippen LogP contribution in [-0.4, -0.2) is 64.6 Å². The van der Waals surface area contributed by atoms with E-state index in [1.807, 2.05) is 6.20 Å². The van der Waals surface area contributed by atoms with Gasteiger partial charge in [0, 0.05) is 31.5 Å². The summed E-state index contributed by atoms with van der Waals surface area (Å²) in [6.07, 6.45) is 9.04. The molecule has 1 aromatic carbocycles. The molecule has 1 N–H and O–H groups in total. The van der Waals surface area contributed by atoms with Gasteiger partial charge in [-0.2, -0.15) is 0 Å². The van der Waals surface area contributed by atoms with Gasteiger partial charge in [0.15, 0.2) is 0 Å². The van der Waals surface area contributed by atoms with Crippen LogP contribution in [-0.2, 0) is 12.8 Å². The summed E-state index contributed by atoms with van der Waals surface area (Å²) in [6.45, 7) is 5.86. The quantitative estimate of drug-likeness (QED) is 0.782. The first-order chi connectivity index (χ1) is 14.2. The van der Waals surface area contributed by atoms with Gasteiger partial charge >= 0.3 is 5.97 Å². The highest BCUT2D eigenvalue weighted by Gasteiger charge is 2.30. The smallest absolute Gasteiger partial charge is 0.337 e. The fourth-order valence-electron chi connectivity index (χ4n) is 4.85. The summed E-state index contributed by atoms with van der Waals surface area (Å²) in [5.74, 6) is -0.289. The van der Waals surface area contributed by atoms with Crippen molar-refractivity contribution in [1.82, 2.24) is 14.8 Å². The normalized spacial score (nSPS) is 21.4. The van der Waals surface area contributed by atoms with E-state index in [4.69, 9.17) is 5.11 Å². The summed E-state index contributed by atoms with van der Waals surface area (Å²) in [6, 6.07) is 13.3. The number of carboxylic acid groups (broad SMARTS) is 1. The highest BCUT2D eigenvalue weighted by molar-refractivity contribution is 5.87. The Balaban J connectivity index is 1.21. The number of likely N-dealkylation sites (tertiary alicyclic amines) is 2. The van der Waals surface area contributed by atoms with Crippen LogP contribution in [0.15, 0.2) is 48.8 Å². The number of nitrogens with zero attached hydrogens (tertiary/aromatic N) is 3. The van der Waals surface area contributed by atoms with E-state index in [1.54, 1.807) is 6.07 Å². The van der Waals surface area contributed by atoms with Gasteiger partial charge in [-0.15, -0.1) is 0 Å². The maximum atomic E-state index is 11.2. The van der Waals surface area contributed by atoms with Crippen LogP contribution in [0.5, 0.6) is 0 Å². The van der Waals surface area contributed by atoms with Gasteiger partial charge in [-0.05, 0) is 74.8 Å². The molecule has 5 heteroatoms. The Labute approximate surface area is 173 Å². The average Bonchev–Trinajstić information content (AvgIpc) is 3.22. The second-order valence-electron chi connectivity index (χ2n) is 8.55. The lowest BCUT2D eigenvalue weighted by atomic mass is 9.98. The predicted molar refractivity (Wildman–Crippen MR) is 114 cm³/mol. The van der Waals surface area contributed by atoms with Crippen LogP contribution in [0.3, 0.4) is 0 Å². The van der Waals surface area contributed by atoms with Crippen molar-refractivity contribution in [3.8, 4) is 0 Å². The molecule has 1 aromatic heterocycles. The van der Waals surface area contributed by atoms with Crippen molar-refractivity contribution in [3.63, 3.8) is 0 Å². The Morgan fingerprint density at radius 2 is 1.83 bits per heavy atom. The molecule has 2 fully saturated rings. The lowest BCUT2D eigenvalue weighted by molar-refractivity contribution is 0.0696. The Bertz CT molecular complexity index is 803. The minimum atomic E-state index is -0.897. The Morgan fingerprint density at radius 1 is 1.03 bits per heavy atom. The van der Waals surface area contributed by atoms with Gasteiger partial charge in [0.05, 0.1) is 5.56 Å². The molecule has 5 nitrogen and oxygen atoms in total. The third kappa shape index (κ3) is 5.43. The molecule has 0 amide bonds. The summed E-state index contributed by atoms with van der Waals surface area (Å²) in [7, 11) is 0. The molecule has 2 aliphatic heterocycles. The standard InChI is InChI=1S/C24H31N3O2/c28-24(29)22-15-21(16-25-17-22)14-20-7-13-27(18-20)23-8-11-26(12-9-23)10-6-19-4-2-1-3-5-19/h1-5,15-17,20,23H,6-14,18H2,(H,28,29). The lowest BCUT2D eigenvalue weighted by Crippen LogP contribution is -2.44. The van der Waals surface area contributed by atoms with Crippen molar-refractivity contribution in [2.45, 2.75) is 38.1 Å². The first-order valence-electron chi connectivity index (χ1n) is 10.8. The number of rotatable bonds is 7. The number of hydrogen-bond acceptors (Lipinski definition) is 4. The summed E-state index contributed by atoms with van der Waals surface area (Å²) in [5.41, 5.74) is 2.77. The van der Waals surface area contributed by atoms with Crippen LogP contribution >= 0.6 is 0 Å². The lowest BCUT2D eigenvalue weighted by Gasteiger charge is -2.37. The second-order valence-corrected chi connectivity index (χ2v) is 8.55. The van der Waals surface area contributed by atoms with Crippen molar-refractivity contribution < 1.29 is 9.90 Å². The first kappa shape index (κ1) is 20.0. The van der Waals surface area contributed by atoms with Gasteiger partial charge in [0.25, 0.3) is 0 Å². The SMILES string of the molecule is O=C(O)c1cncc(CC2CCN(C3CCN(CCc4ccccc4)CC3)C2)c1. The molecular weight excluding hydrogens is 362 g/mol. The number of aromatic nitrogens is 1. The zero-order valence-electron chi connectivity index (χ0n) is 17.0. The third-order valence-corrected chi connectivity index (χ3v) is 6.52. The van der Waals surface area contributed by atoms with E-state index < -0.39 is 5.97 Å². The van der Waals surface area contributed by atoms with Crippen LogP contribution in [0.2, 0.25) is 0 Å². The van der Waals surface area contributed by atoms with Gasteiger partial charge < -0.3 is 10.0 Å². The molecular formula is C24H31N3O2. The molecule has 1 atom stereocenters. The van der Waals surface area contributed by atoms with Crippen LogP contribution in [0.4, 0.5) is 0 Å². The summed E-state index contributed by atoms with van der Waals surface area (Å²) in [5, 5.41) is 9.15. The van der Waals surface area contributed by atoms with Crippen LogP contribution in [0.25, 0.3) is 0 Å². The van der Waals surface area contributed by atoms with Gasteiger partial charge in [-0.1, -0.05) is 30.3 Å². The molecule has 0 bridgehead atoms. The molecule has 1 unspecified atom stereocenters. The van der Waals surface area contributed by atoms with Gasteiger partial charge in [-0.3, -0.25) is 9.88 Å². The topological polar surface area (TPSA) is 56.7 Å². The molecule has 154 valence electrons. The van der Waals surface area contributed by atoms with Crippen molar-refractivity contribution in [2.75, 3.05) is 32.7 Å². The van der Waals surface area contributed by atoms with Gasteiger partial charge in [0.1, 0.15) is 0 Å². The number of pyridine rings is 1. The van der Waals surface area contributed by atoms with Gasteiger partial charge in [0.2, 0.25) is 0 Å². The number of piperidine rings is 1. The molecule has 2 aliphatic rings. The maximum Gasteiger partial charge on any atom is 0.337 e. The van der Waals surface area contributed by atoms with E-state index in [2.05, 4.69) is 45.1 Å². The Hall–Kier alpha value is -2.24. The summed E-state index contributed by atoms with van der Waals surface area (Å²) < 4.78 is 0. The molecule has 29 heavy (non-hydrogen) atoms. The summed E-state index contributed by atoms with van der Waals surface area (Å²) >= 11 is 0. The Kier molecular flexibility index (Phi) is 6.57. The molecule has 0 spiro atoms. The first-order valence-corrected chi connectivity index (χ1v) is 10.8. The monoisotopic (exact) mass is 393 g/mol. The fraction of sp³-hybridized carbons (Fsp3) is 0.500. The zero-order chi connectivity index (χ0) is 20.1. The van der Waals surface area contributed by atoms with E-state index in [0.717, 1.165) is 31.5 Å². The Morgan fingerprint density at radius 3 is 2.59 bits per heavy atom. The largest absolute Gasteiger partial charge is 0.478 e. The van der Waals surface area contributed by atoms with Crippen molar-refractivity contribution in [3.05, 3.63) is 65.5 Å². The minimum absolute atomic E-state index is 0.292. The van der Waals surface area contributed by atoms with E-state index in [1.165, 1.54) is 50.7 Å². The predicted octanol–water partition coefficient (Wildman–Crippen LogP) is 3.35. The number of hydrogen-bond donors (Lipinski definition) is 1. The molecule has 0 saturated carbocycles. The highest BCUT2D eigenvalue weighted by Crippen LogP contribution is 2.26. The fourth-order valence-corrected chi connectivity index (χ4v) is 4.85. The van der Waals surface area contributed by atoms with E-state index >= 15 is 0 Å². The van der Waals surface area contributed by atoms with Gasteiger partial charge in [-0.25, -0.2) is 4.79 Å². The molecule has 0 radical (unpaired) electrons. The minimum Gasteiger partial charge on any atom is -0.478 e. The van der Waals surface area contributed by atoms with Crippen LogP contribution < -0.4 is 0 Å². The molecule has 2 saturated heterocycles.